The predicted octanol–water partition coefficient (Wildman–Crippen LogP) is 3.13. The van der Waals surface area contributed by atoms with E-state index in [1.165, 1.54) is 0 Å². The van der Waals surface area contributed by atoms with Crippen LogP contribution in [0.1, 0.15) is 16.3 Å². The Hall–Kier alpha value is -2.27. The normalized spacial score (nSPS) is 11.0. The number of halogens is 1. The van der Waals surface area contributed by atoms with E-state index in [2.05, 4.69) is 10.3 Å². The SMILES string of the molecule is Cc1nc2cc(NC(=O)c3cc(Cl)cn3C)ccc2n1C. The number of hydrogen-bond acceptors (Lipinski definition) is 2. The Kier molecular flexibility index (Phi) is 3.22. The summed E-state index contributed by atoms with van der Waals surface area (Å²) in [5.74, 6) is 0.735. The van der Waals surface area contributed by atoms with Crippen LogP contribution in [-0.4, -0.2) is 20.0 Å². The van der Waals surface area contributed by atoms with Gasteiger partial charge in [-0.3, -0.25) is 4.79 Å². The summed E-state index contributed by atoms with van der Waals surface area (Å²) in [5, 5.41) is 3.41. The second-order valence-corrected chi connectivity index (χ2v) is 5.47. The molecular weight excluding hydrogens is 288 g/mol. The average Bonchev–Trinajstić information content (AvgIpc) is 2.90. The number of anilines is 1. The third kappa shape index (κ3) is 2.40. The lowest BCUT2D eigenvalue weighted by Gasteiger charge is -2.06. The largest absolute Gasteiger partial charge is 0.345 e. The molecule has 0 saturated heterocycles. The number of imidazole rings is 1. The van der Waals surface area contributed by atoms with Crippen LogP contribution in [0.2, 0.25) is 5.02 Å². The summed E-state index contributed by atoms with van der Waals surface area (Å²) in [6.07, 6.45) is 1.70. The lowest BCUT2D eigenvalue weighted by molar-refractivity contribution is 0.101. The lowest BCUT2D eigenvalue weighted by atomic mass is 10.2. The molecule has 21 heavy (non-hydrogen) atoms. The molecule has 0 aliphatic carbocycles. The number of nitrogens with one attached hydrogen (secondary N) is 1. The van der Waals surface area contributed by atoms with Crippen LogP contribution in [0.25, 0.3) is 11.0 Å². The zero-order valence-electron chi connectivity index (χ0n) is 12.0. The van der Waals surface area contributed by atoms with Crippen molar-refractivity contribution in [2.24, 2.45) is 14.1 Å². The molecule has 1 N–H and O–H groups in total. The molecule has 5 nitrogen and oxygen atoms in total. The van der Waals surface area contributed by atoms with Crippen LogP contribution in [-0.2, 0) is 14.1 Å². The van der Waals surface area contributed by atoms with Gasteiger partial charge in [-0.25, -0.2) is 4.98 Å². The summed E-state index contributed by atoms with van der Waals surface area (Å²) in [4.78, 5) is 16.7. The molecule has 2 aromatic heterocycles. The molecule has 0 unspecified atom stereocenters. The van der Waals surface area contributed by atoms with Crippen molar-refractivity contribution in [3.63, 3.8) is 0 Å². The van der Waals surface area contributed by atoms with Crippen molar-refractivity contribution in [3.8, 4) is 0 Å². The maximum absolute atomic E-state index is 12.2. The molecule has 2 heterocycles. The quantitative estimate of drug-likeness (QED) is 0.790. The van der Waals surface area contributed by atoms with Crippen LogP contribution < -0.4 is 5.32 Å². The third-order valence-corrected chi connectivity index (χ3v) is 3.77. The summed E-state index contributed by atoms with van der Waals surface area (Å²) < 4.78 is 3.71. The van der Waals surface area contributed by atoms with Gasteiger partial charge in [-0.2, -0.15) is 0 Å². The lowest BCUT2D eigenvalue weighted by Crippen LogP contribution is -2.15. The number of aromatic nitrogens is 3. The fourth-order valence-corrected chi connectivity index (χ4v) is 2.59. The van der Waals surface area contributed by atoms with Crippen molar-refractivity contribution in [2.45, 2.75) is 6.92 Å². The van der Waals surface area contributed by atoms with Gasteiger partial charge < -0.3 is 14.5 Å². The van der Waals surface area contributed by atoms with Crippen LogP contribution in [0, 0.1) is 6.92 Å². The molecule has 1 amide bonds. The Balaban J connectivity index is 1.91. The van der Waals surface area contributed by atoms with Gasteiger partial charge in [0.1, 0.15) is 11.5 Å². The van der Waals surface area contributed by atoms with E-state index in [-0.39, 0.29) is 5.91 Å². The molecule has 0 aliphatic rings. The summed E-state index contributed by atoms with van der Waals surface area (Å²) in [7, 11) is 3.75. The first-order valence-corrected chi connectivity index (χ1v) is 6.90. The molecule has 1 aromatic carbocycles. The number of carbonyl (C=O) groups is 1. The highest BCUT2D eigenvalue weighted by molar-refractivity contribution is 6.31. The number of amides is 1. The number of aryl methyl sites for hydroxylation is 3. The second kappa shape index (κ2) is 4.93. The first-order valence-electron chi connectivity index (χ1n) is 6.52. The minimum absolute atomic E-state index is 0.198. The highest BCUT2D eigenvalue weighted by Gasteiger charge is 2.12. The zero-order chi connectivity index (χ0) is 15.1. The third-order valence-electron chi connectivity index (χ3n) is 3.57. The maximum Gasteiger partial charge on any atom is 0.272 e. The Morgan fingerprint density at radius 2 is 2.05 bits per heavy atom. The second-order valence-electron chi connectivity index (χ2n) is 5.03. The van der Waals surface area contributed by atoms with Crippen molar-refractivity contribution in [3.05, 3.63) is 47.0 Å². The Labute approximate surface area is 127 Å². The van der Waals surface area contributed by atoms with Gasteiger partial charge in [0, 0.05) is 26.0 Å². The highest BCUT2D eigenvalue weighted by atomic mass is 35.5. The van der Waals surface area contributed by atoms with Crippen molar-refractivity contribution < 1.29 is 4.79 Å². The van der Waals surface area contributed by atoms with E-state index in [9.17, 15) is 4.79 Å². The first-order chi connectivity index (χ1) is 9.95. The highest BCUT2D eigenvalue weighted by Crippen LogP contribution is 2.20. The van der Waals surface area contributed by atoms with Gasteiger partial charge in [0.05, 0.1) is 16.1 Å². The molecule has 6 heteroatoms. The monoisotopic (exact) mass is 302 g/mol. The van der Waals surface area contributed by atoms with E-state index in [1.807, 2.05) is 36.7 Å². The van der Waals surface area contributed by atoms with Crippen molar-refractivity contribution in [1.29, 1.82) is 0 Å². The summed E-state index contributed by atoms with van der Waals surface area (Å²) in [6, 6.07) is 7.32. The number of rotatable bonds is 2. The van der Waals surface area contributed by atoms with Gasteiger partial charge in [-0.05, 0) is 31.2 Å². The smallest absolute Gasteiger partial charge is 0.272 e. The van der Waals surface area contributed by atoms with E-state index in [0.717, 1.165) is 16.9 Å². The number of nitrogens with zero attached hydrogens (tertiary/aromatic N) is 3. The topological polar surface area (TPSA) is 51.9 Å². The molecular formula is C15H15ClN4O. The minimum atomic E-state index is -0.198. The van der Waals surface area contributed by atoms with Crippen LogP contribution in [0.3, 0.4) is 0 Å². The van der Waals surface area contributed by atoms with E-state index in [1.54, 1.807) is 23.9 Å². The first kappa shape index (κ1) is 13.7. The maximum atomic E-state index is 12.2. The molecule has 0 atom stereocenters. The zero-order valence-corrected chi connectivity index (χ0v) is 12.8. The van der Waals surface area contributed by atoms with Gasteiger partial charge in [0.15, 0.2) is 0 Å². The number of fused-ring (bicyclic) bond motifs is 1. The van der Waals surface area contributed by atoms with E-state index >= 15 is 0 Å². The van der Waals surface area contributed by atoms with Crippen LogP contribution in [0.15, 0.2) is 30.5 Å². The van der Waals surface area contributed by atoms with Crippen LogP contribution >= 0.6 is 11.6 Å². The summed E-state index contributed by atoms with van der Waals surface area (Å²) >= 11 is 5.90. The minimum Gasteiger partial charge on any atom is -0.345 e. The number of carbonyl (C=O) groups excluding carboxylic acids is 1. The summed E-state index contributed by atoms with van der Waals surface area (Å²) in [5.41, 5.74) is 3.12. The molecule has 0 fully saturated rings. The number of benzene rings is 1. The fourth-order valence-electron chi connectivity index (χ4n) is 2.34. The Morgan fingerprint density at radius 3 is 2.71 bits per heavy atom. The van der Waals surface area contributed by atoms with E-state index < -0.39 is 0 Å². The van der Waals surface area contributed by atoms with E-state index in [4.69, 9.17) is 11.6 Å². The van der Waals surface area contributed by atoms with Crippen LogP contribution in [0.4, 0.5) is 5.69 Å². The van der Waals surface area contributed by atoms with Crippen molar-refractivity contribution in [2.75, 3.05) is 5.32 Å². The Morgan fingerprint density at radius 1 is 1.29 bits per heavy atom. The molecule has 0 spiro atoms. The van der Waals surface area contributed by atoms with Crippen LogP contribution in [0.5, 0.6) is 0 Å². The van der Waals surface area contributed by atoms with E-state index in [0.29, 0.717) is 16.4 Å². The van der Waals surface area contributed by atoms with Gasteiger partial charge in [0.2, 0.25) is 0 Å². The molecule has 0 bridgehead atoms. The summed E-state index contributed by atoms with van der Waals surface area (Å²) in [6.45, 7) is 1.95. The van der Waals surface area contributed by atoms with Gasteiger partial charge in [0.25, 0.3) is 5.91 Å². The van der Waals surface area contributed by atoms with Crippen molar-refractivity contribution >= 4 is 34.2 Å². The average molecular weight is 303 g/mol. The van der Waals surface area contributed by atoms with Gasteiger partial charge in [-0.1, -0.05) is 11.6 Å². The molecule has 3 rings (SSSR count). The molecule has 0 saturated carbocycles. The van der Waals surface area contributed by atoms with Gasteiger partial charge in [-0.15, -0.1) is 0 Å². The predicted molar refractivity (Wildman–Crippen MR) is 83.8 cm³/mol. The Bertz CT molecular complexity index is 847. The molecule has 0 aliphatic heterocycles. The number of hydrogen-bond donors (Lipinski definition) is 1. The molecule has 108 valence electrons. The van der Waals surface area contributed by atoms with Crippen molar-refractivity contribution in [1.82, 2.24) is 14.1 Å². The fraction of sp³-hybridized carbons (Fsp3) is 0.200. The molecule has 0 radical (unpaired) electrons. The molecule has 3 aromatic rings. The van der Waals surface area contributed by atoms with Gasteiger partial charge >= 0.3 is 0 Å². The standard InChI is InChI=1S/C15H15ClN4O/c1-9-17-12-7-11(4-5-13(12)20(9)3)18-15(21)14-6-10(16)8-19(14)2/h4-8H,1-3H3,(H,18,21).